The molecule has 0 spiro atoms. The molecule has 2 heterocycles. The first kappa shape index (κ1) is 17.3. The summed E-state index contributed by atoms with van der Waals surface area (Å²) in [7, 11) is 0. The summed E-state index contributed by atoms with van der Waals surface area (Å²) in [6.45, 7) is 1.99. The number of amides is 1. The quantitative estimate of drug-likeness (QED) is 0.646. The molecular formula is C19H19N5O2. The highest BCUT2D eigenvalue weighted by atomic mass is 16.1. The third-order valence-electron chi connectivity index (χ3n) is 4.00. The highest BCUT2D eigenvalue weighted by molar-refractivity contribution is 5.79. The fourth-order valence-electron chi connectivity index (χ4n) is 2.80. The van der Waals surface area contributed by atoms with Crippen LogP contribution in [0.5, 0.6) is 0 Å². The van der Waals surface area contributed by atoms with Gasteiger partial charge in [0.15, 0.2) is 0 Å². The van der Waals surface area contributed by atoms with Gasteiger partial charge in [-0.2, -0.15) is 0 Å². The molecule has 3 rings (SSSR count). The van der Waals surface area contributed by atoms with Gasteiger partial charge in [-0.05, 0) is 35.7 Å². The van der Waals surface area contributed by atoms with Gasteiger partial charge in [-0.15, -0.1) is 0 Å². The number of aryl methyl sites for hydroxylation is 1. The number of benzene rings is 1. The van der Waals surface area contributed by atoms with Gasteiger partial charge in [0.2, 0.25) is 11.9 Å². The Kier molecular flexibility index (Phi) is 5.07. The van der Waals surface area contributed by atoms with Gasteiger partial charge in [0.25, 0.3) is 5.56 Å². The number of nitrogen functional groups attached to an aromatic ring is 1. The van der Waals surface area contributed by atoms with Crippen molar-refractivity contribution in [1.29, 1.82) is 0 Å². The van der Waals surface area contributed by atoms with E-state index in [0.29, 0.717) is 5.69 Å². The molecule has 3 aromatic rings. The first-order chi connectivity index (χ1) is 12.5. The van der Waals surface area contributed by atoms with Crippen LogP contribution in [-0.2, 0) is 11.2 Å². The zero-order valence-electron chi connectivity index (χ0n) is 14.3. The van der Waals surface area contributed by atoms with Gasteiger partial charge < -0.3 is 11.1 Å². The van der Waals surface area contributed by atoms with Crippen molar-refractivity contribution in [3.8, 4) is 0 Å². The Morgan fingerprint density at radius 2 is 1.96 bits per heavy atom. The molecule has 7 heteroatoms. The minimum atomic E-state index is -0.384. The maximum absolute atomic E-state index is 12.6. The number of pyridine rings is 1. The van der Waals surface area contributed by atoms with E-state index in [0.717, 1.165) is 16.7 Å². The van der Waals surface area contributed by atoms with Crippen LogP contribution in [0.15, 0.2) is 59.7 Å². The van der Waals surface area contributed by atoms with Gasteiger partial charge in [0.1, 0.15) is 0 Å². The topological polar surface area (TPSA) is 114 Å². The third kappa shape index (κ3) is 4.13. The molecule has 0 saturated carbocycles. The minimum Gasteiger partial charge on any atom is -0.369 e. The molecule has 0 saturated heterocycles. The summed E-state index contributed by atoms with van der Waals surface area (Å²) in [5.74, 6) is -0.266. The Hall–Kier alpha value is -3.48. The van der Waals surface area contributed by atoms with Gasteiger partial charge in [0, 0.05) is 18.5 Å². The fourth-order valence-corrected chi connectivity index (χ4v) is 2.80. The van der Waals surface area contributed by atoms with Crippen LogP contribution >= 0.6 is 0 Å². The molecule has 1 amide bonds. The van der Waals surface area contributed by atoms with E-state index in [2.05, 4.69) is 20.3 Å². The van der Waals surface area contributed by atoms with E-state index in [9.17, 15) is 9.59 Å². The predicted octanol–water partition coefficient (Wildman–Crippen LogP) is 1.50. The number of anilines is 1. The minimum absolute atomic E-state index is 0.00936. The molecule has 26 heavy (non-hydrogen) atoms. The number of nitrogens with zero attached hydrogens (tertiary/aromatic N) is 2. The fraction of sp³-hybridized carbons (Fsp3) is 0.158. The van der Waals surface area contributed by atoms with Crippen LogP contribution in [0.25, 0.3) is 0 Å². The number of hydrogen-bond donors (Lipinski definition) is 3. The lowest BCUT2D eigenvalue weighted by atomic mass is 9.95. The Labute approximate surface area is 150 Å². The Balaban J connectivity index is 1.87. The van der Waals surface area contributed by atoms with Crippen LogP contribution in [0.2, 0.25) is 0 Å². The largest absolute Gasteiger partial charge is 0.369 e. The highest BCUT2D eigenvalue weighted by Gasteiger charge is 2.19. The molecule has 0 bridgehead atoms. The van der Waals surface area contributed by atoms with Crippen molar-refractivity contribution >= 4 is 11.9 Å². The Morgan fingerprint density at radius 1 is 1.23 bits per heavy atom. The molecule has 2 aromatic heterocycles. The molecular weight excluding hydrogens is 330 g/mol. The van der Waals surface area contributed by atoms with Crippen molar-refractivity contribution < 1.29 is 4.79 Å². The van der Waals surface area contributed by atoms with Crippen molar-refractivity contribution in [3.63, 3.8) is 0 Å². The third-order valence-corrected chi connectivity index (χ3v) is 4.00. The Bertz CT molecular complexity index is 969. The zero-order chi connectivity index (χ0) is 18.5. The standard InChI is InChI=1S/C19H19N5O2/c1-12-4-2-3-5-15(12)18(13-6-8-21-9-7-13)23-16(25)10-14-11-17(26)24-19(20)22-14/h2-9,11,18H,10H2,1H3,(H,23,25)(H3,20,22,24,26)/t18-/m1/s1. The van der Waals surface area contributed by atoms with Gasteiger partial charge in [-0.25, -0.2) is 4.98 Å². The highest BCUT2D eigenvalue weighted by Crippen LogP contribution is 2.24. The van der Waals surface area contributed by atoms with Crippen molar-refractivity contribution in [3.05, 3.63) is 87.6 Å². The van der Waals surface area contributed by atoms with Crippen LogP contribution in [0.3, 0.4) is 0 Å². The number of aromatic amines is 1. The monoisotopic (exact) mass is 349 g/mol. The number of H-pyrrole nitrogens is 1. The number of carbonyl (C=O) groups is 1. The second-order valence-electron chi connectivity index (χ2n) is 5.94. The number of aromatic nitrogens is 3. The average Bonchev–Trinajstić information content (AvgIpc) is 2.60. The lowest BCUT2D eigenvalue weighted by Gasteiger charge is -2.21. The maximum atomic E-state index is 12.6. The molecule has 0 radical (unpaired) electrons. The van der Waals surface area contributed by atoms with Gasteiger partial charge >= 0.3 is 0 Å². The van der Waals surface area contributed by atoms with Gasteiger partial charge in [-0.3, -0.25) is 19.6 Å². The van der Waals surface area contributed by atoms with E-state index in [1.807, 2.05) is 43.3 Å². The number of hydrogen-bond acceptors (Lipinski definition) is 5. The summed E-state index contributed by atoms with van der Waals surface area (Å²) in [4.78, 5) is 34.5. The maximum Gasteiger partial charge on any atom is 0.252 e. The molecule has 7 nitrogen and oxygen atoms in total. The SMILES string of the molecule is Cc1ccccc1[C@H](NC(=O)Cc1cc(=O)[nH]c(N)n1)c1ccncc1. The molecule has 0 fully saturated rings. The smallest absolute Gasteiger partial charge is 0.252 e. The molecule has 0 aliphatic carbocycles. The number of rotatable bonds is 5. The lowest BCUT2D eigenvalue weighted by molar-refractivity contribution is -0.121. The van der Waals surface area contributed by atoms with E-state index in [-0.39, 0.29) is 29.9 Å². The molecule has 0 unspecified atom stereocenters. The summed E-state index contributed by atoms with van der Waals surface area (Å²) in [6.07, 6.45) is 3.33. The number of nitrogens with two attached hydrogens (primary N) is 1. The molecule has 132 valence electrons. The second-order valence-corrected chi connectivity index (χ2v) is 5.94. The van der Waals surface area contributed by atoms with Crippen LogP contribution < -0.4 is 16.6 Å². The first-order valence-corrected chi connectivity index (χ1v) is 8.13. The summed E-state index contributed by atoms with van der Waals surface area (Å²) < 4.78 is 0. The van der Waals surface area contributed by atoms with Crippen LogP contribution in [0.4, 0.5) is 5.95 Å². The number of carbonyl (C=O) groups excluding carboxylic acids is 1. The summed E-state index contributed by atoms with van der Waals surface area (Å²) in [6, 6.07) is 12.5. The van der Waals surface area contributed by atoms with Gasteiger partial charge in [0.05, 0.1) is 18.2 Å². The summed E-state index contributed by atoms with van der Waals surface area (Å²) in [5, 5.41) is 3.02. The van der Waals surface area contributed by atoms with Crippen molar-refractivity contribution in [1.82, 2.24) is 20.3 Å². The van der Waals surface area contributed by atoms with E-state index < -0.39 is 0 Å². The summed E-state index contributed by atoms with van der Waals surface area (Å²) >= 11 is 0. The number of nitrogens with one attached hydrogen (secondary N) is 2. The summed E-state index contributed by atoms with van der Waals surface area (Å²) in [5.41, 5.74) is 8.44. The van der Waals surface area contributed by atoms with E-state index >= 15 is 0 Å². The van der Waals surface area contributed by atoms with E-state index in [4.69, 9.17) is 5.73 Å². The molecule has 1 atom stereocenters. The van der Waals surface area contributed by atoms with E-state index in [1.54, 1.807) is 12.4 Å². The zero-order valence-corrected chi connectivity index (χ0v) is 14.3. The van der Waals surface area contributed by atoms with Crippen molar-refractivity contribution in [2.45, 2.75) is 19.4 Å². The van der Waals surface area contributed by atoms with Crippen molar-refractivity contribution in [2.75, 3.05) is 5.73 Å². The van der Waals surface area contributed by atoms with Crippen LogP contribution in [0, 0.1) is 6.92 Å². The van der Waals surface area contributed by atoms with Gasteiger partial charge in [-0.1, -0.05) is 24.3 Å². The molecule has 0 aliphatic rings. The van der Waals surface area contributed by atoms with Crippen LogP contribution in [-0.4, -0.2) is 20.9 Å². The van der Waals surface area contributed by atoms with Crippen molar-refractivity contribution in [2.24, 2.45) is 0 Å². The Morgan fingerprint density at radius 3 is 2.65 bits per heavy atom. The van der Waals surface area contributed by atoms with Crippen LogP contribution in [0.1, 0.15) is 28.4 Å². The van der Waals surface area contributed by atoms with E-state index in [1.165, 1.54) is 6.07 Å². The molecule has 0 aliphatic heterocycles. The average molecular weight is 349 g/mol. The predicted molar refractivity (Wildman–Crippen MR) is 98.4 cm³/mol. The second kappa shape index (κ2) is 7.60. The first-order valence-electron chi connectivity index (χ1n) is 8.13. The molecule has 4 N–H and O–H groups in total. The molecule has 1 aromatic carbocycles. The lowest BCUT2D eigenvalue weighted by Crippen LogP contribution is -2.31. The normalized spacial score (nSPS) is 11.7.